The second-order valence-electron chi connectivity index (χ2n) is 16.5. The third-order valence-corrected chi connectivity index (χ3v) is 9.54. The molecule has 3 rings (SSSR count). The number of ether oxygens (including phenoxy) is 3. The molecule has 5 atom stereocenters. The number of methoxy groups -OCH3 is 1. The largest absolute Gasteiger partial charge is 0.467 e. The topological polar surface area (TPSA) is 169 Å². The molecule has 0 aromatic heterocycles. The summed E-state index contributed by atoms with van der Waals surface area (Å²) in [5, 5.41) is 8.41. The number of unbranched alkanes of at least 4 members (excludes halogenated alkanes) is 2. The summed E-state index contributed by atoms with van der Waals surface area (Å²) < 4.78 is 16.2. The zero-order chi connectivity index (χ0) is 41.5. The van der Waals surface area contributed by atoms with Crippen molar-refractivity contribution in [2.75, 3.05) is 13.7 Å². The predicted octanol–water partition coefficient (Wildman–Crippen LogP) is 5.43. The Kier molecular flexibility index (Phi) is 17.5. The standard InChI is InChI=1S/C43H62N4O9/c1-29(55-28-31-21-14-10-15-22-31)35(48)25-17-11-16-23-32(45-41(53)56-43(5,6)7)37(49)46-36(42(2,3)4)38(50)44-33(27-30-19-12-9-13-20-30)39(51)47-26-18-24-34(47)40(52)54-8/h9-10,12-15,19-22,29,32-34,36H,11,16-18,23-28H2,1-8H3,(H,44,50)(H,45,53)(H,46,49)/t29?,32-,33-,34+,36-/m0/s1. The van der Waals surface area contributed by atoms with Gasteiger partial charge in [0.2, 0.25) is 17.7 Å². The Morgan fingerprint density at radius 3 is 2.00 bits per heavy atom. The second-order valence-corrected chi connectivity index (χ2v) is 16.5. The minimum Gasteiger partial charge on any atom is -0.467 e. The molecule has 1 fully saturated rings. The highest BCUT2D eigenvalue weighted by atomic mass is 16.6. The summed E-state index contributed by atoms with van der Waals surface area (Å²) in [6, 6.07) is 14.9. The van der Waals surface area contributed by atoms with Gasteiger partial charge in [-0.15, -0.1) is 0 Å². The lowest BCUT2D eigenvalue weighted by Gasteiger charge is -2.34. The monoisotopic (exact) mass is 778 g/mol. The molecule has 308 valence electrons. The zero-order valence-corrected chi connectivity index (χ0v) is 34.4. The van der Waals surface area contributed by atoms with Crippen molar-refractivity contribution in [1.82, 2.24) is 20.9 Å². The van der Waals surface area contributed by atoms with Crippen LogP contribution in [-0.2, 0) is 51.2 Å². The lowest BCUT2D eigenvalue weighted by atomic mass is 9.85. The van der Waals surface area contributed by atoms with Crippen LogP contribution >= 0.6 is 0 Å². The number of carbonyl (C=O) groups is 6. The molecule has 13 heteroatoms. The van der Waals surface area contributed by atoms with Gasteiger partial charge < -0.3 is 35.1 Å². The predicted molar refractivity (Wildman–Crippen MR) is 212 cm³/mol. The third kappa shape index (κ3) is 15.0. The molecule has 0 bridgehead atoms. The molecular weight excluding hydrogens is 716 g/mol. The Morgan fingerprint density at radius 2 is 1.41 bits per heavy atom. The molecule has 0 saturated carbocycles. The van der Waals surface area contributed by atoms with E-state index in [0.717, 1.165) is 11.1 Å². The number of esters is 1. The third-order valence-electron chi connectivity index (χ3n) is 9.54. The van der Waals surface area contributed by atoms with Gasteiger partial charge in [-0.2, -0.15) is 0 Å². The lowest BCUT2D eigenvalue weighted by Crippen LogP contribution is -2.61. The molecule has 0 spiro atoms. The fraction of sp³-hybridized carbons (Fsp3) is 0.581. The van der Waals surface area contributed by atoms with Crippen LogP contribution in [0.15, 0.2) is 60.7 Å². The first kappa shape index (κ1) is 45.6. The first-order valence-electron chi connectivity index (χ1n) is 19.6. The Labute approximate surface area is 332 Å². The molecule has 56 heavy (non-hydrogen) atoms. The van der Waals surface area contributed by atoms with Crippen LogP contribution < -0.4 is 16.0 Å². The molecule has 13 nitrogen and oxygen atoms in total. The van der Waals surface area contributed by atoms with E-state index in [1.807, 2.05) is 60.7 Å². The number of nitrogens with zero attached hydrogens (tertiary/aromatic N) is 1. The van der Waals surface area contributed by atoms with E-state index < -0.39 is 71.1 Å². The SMILES string of the molecule is COC(=O)[C@H]1CCCN1C(=O)[C@H](Cc1ccccc1)NC(=O)[C@H](NC(=O)[C@H](CCCCCC(=O)C(C)OCc1ccccc1)NC(=O)OC(C)(C)C)C(C)(C)C. The molecule has 2 aromatic rings. The number of carbonyl (C=O) groups excluding carboxylic acids is 6. The number of nitrogens with one attached hydrogen (secondary N) is 3. The smallest absolute Gasteiger partial charge is 0.408 e. The highest BCUT2D eigenvalue weighted by Gasteiger charge is 2.41. The molecule has 0 aliphatic carbocycles. The van der Waals surface area contributed by atoms with Crippen LogP contribution in [0.5, 0.6) is 0 Å². The van der Waals surface area contributed by atoms with Gasteiger partial charge in [0, 0.05) is 19.4 Å². The van der Waals surface area contributed by atoms with E-state index in [0.29, 0.717) is 51.7 Å². The van der Waals surface area contributed by atoms with Crippen molar-refractivity contribution >= 4 is 35.6 Å². The maximum Gasteiger partial charge on any atom is 0.408 e. The zero-order valence-electron chi connectivity index (χ0n) is 34.4. The summed E-state index contributed by atoms with van der Waals surface area (Å²) >= 11 is 0. The molecule has 1 aliphatic rings. The van der Waals surface area contributed by atoms with Crippen LogP contribution in [0.3, 0.4) is 0 Å². The normalized spacial score (nSPS) is 16.5. The molecule has 3 N–H and O–H groups in total. The van der Waals surface area contributed by atoms with Crippen LogP contribution in [0, 0.1) is 5.41 Å². The number of hydrogen-bond donors (Lipinski definition) is 3. The van der Waals surface area contributed by atoms with E-state index in [4.69, 9.17) is 14.2 Å². The average Bonchev–Trinajstić information content (AvgIpc) is 3.64. The summed E-state index contributed by atoms with van der Waals surface area (Å²) in [5.74, 6) is -2.14. The first-order valence-corrected chi connectivity index (χ1v) is 19.6. The maximum absolute atomic E-state index is 14.2. The summed E-state index contributed by atoms with van der Waals surface area (Å²) in [7, 11) is 1.28. The molecule has 1 aliphatic heterocycles. The highest BCUT2D eigenvalue weighted by Crippen LogP contribution is 2.23. The lowest BCUT2D eigenvalue weighted by molar-refractivity contribution is -0.152. The van der Waals surface area contributed by atoms with E-state index in [9.17, 15) is 28.8 Å². The number of benzene rings is 2. The molecule has 1 heterocycles. The van der Waals surface area contributed by atoms with Gasteiger partial charge in [0.1, 0.15) is 35.9 Å². The van der Waals surface area contributed by atoms with Crippen molar-refractivity contribution in [3.05, 3.63) is 71.8 Å². The Hall–Kier alpha value is -4.78. The van der Waals surface area contributed by atoms with Gasteiger partial charge in [-0.05, 0) is 69.9 Å². The van der Waals surface area contributed by atoms with Crippen LogP contribution in [0.1, 0.15) is 105 Å². The van der Waals surface area contributed by atoms with Crippen LogP contribution in [0.25, 0.3) is 0 Å². The number of hydrogen-bond acceptors (Lipinski definition) is 9. The number of rotatable bonds is 19. The van der Waals surface area contributed by atoms with Gasteiger partial charge >= 0.3 is 12.1 Å². The van der Waals surface area contributed by atoms with Crippen LogP contribution in [0.2, 0.25) is 0 Å². The van der Waals surface area contributed by atoms with Crippen molar-refractivity contribution in [3.8, 4) is 0 Å². The van der Waals surface area contributed by atoms with E-state index in [2.05, 4.69) is 16.0 Å². The van der Waals surface area contributed by atoms with E-state index in [1.165, 1.54) is 12.0 Å². The minimum absolute atomic E-state index is 0.0178. The van der Waals surface area contributed by atoms with E-state index in [1.54, 1.807) is 48.5 Å². The van der Waals surface area contributed by atoms with Gasteiger partial charge in [-0.25, -0.2) is 9.59 Å². The van der Waals surface area contributed by atoms with E-state index in [-0.39, 0.29) is 18.6 Å². The Balaban J connectivity index is 1.71. The fourth-order valence-corrected chi connectivity index (χ4v) is 6.47. The fourth-order valence-electron chi connectivity index (χ4n) is 6.47. The molecule has 1 unspecified atom stereocenters. The Morgan fingerprint density at radius 1 is 0.786 bits per heavy atom. The summed E-state index contributed by atoms with van der Waals surface area (Å²) in [5.41, 5.74) is 0.143. The highest BCUT2D eigenvalue weighted by molar-refractivity contribution is 5.95. The number of ketones is 1. The number of amides is 4. The number of alkyl carbamates (subject to hydrolysis) is 1. The van der Waals surface area contributed by atoms with Crippen molar-refractivity contribution < 1.29 is 43.0 Å². The summed E-state index contributed by atoms with van der Waals surface area (Å²) in [6.07, 6.45) is 2.07. The Bertz CT molecular complexity index is 1600. The molecule has 1 saturated heterocycles. The molecule has 0 radical (unpaired) electrons. The van der Waals surface area contributed by atoms with Crippen molar-refractivity contribution in [3.63, 3.8) is 0 Å². The van der Waals surface area contributed by atoms with Gasteiger partial charge in [0.05, 0.1) is 13.7 Å². The molecular formula is C43H62N4O9. The second kappa shape index (κ2) is 21.5. The van der Waals surface area contributed by atoms with Gasteiger partial charge in [-0.3, -0.25) is 19.2 Å². The minimum atomic E-state index is -1.12. The summed E-state index contributed by atoms with van der Waals surface area (Å²) in [6.45, 7) is 12.9. The quantitative estimate of drug-likeness (QED) is 0.124. The first-order chi connectivity index (χ1) is 26.4. The number of Topliss-reactive ketones (excluding diaryl/α,β-unsaturated/α-hetero) is 1. The van der Waals surface area contributed by atoms with Crippen LogP contribution in [0.4, 0.5) is 4.79 Å². The van der Waals surface area contributed by atoms with Crippen molar-refractivity contribution in [1.29, 1.82) is 0 Å². The van der Waals surface area contributed by atoms with Gasteiger partial charge in [-0.1, -0.05) is 94.3 Å². The van der Waals surface area contributed by atoms with E-state index >= 15 is 0 Å². The average molecular weight is 779 g/mol. The van der Waals surface area contributed by atoms with Crippen molar-refractivity contribution in [2.45, 2.75) is 142 Å². The molecule has 4 amide bonds. The van der Waals surface area contributed by atoms with Gasteiger partial charge in [0.15, 0.2) is 5.78 Å². The number of likely N-dealkylation sites (tertiary alicyclic amines) is 1. The summed E-state index contributed by atoms with van der Waals surface area (Å²) in [4.78, 5) is 81.8. The molecule has 2 aromatic carbocycles. The maximum atomic E-state index is 14.2. The van der Waals surface area contributed by atoms with Gasteiger partial charge in [0.25, 0.3) is 0 Å². The van der Waals surface area contributed by atoms with Crippen LogP contribution in [-0.4, -0.2) is 90.0 Å². The van der Waals surface area contributed by atoms with Crippen molar-refractivity contribution in [2.24, 2.45) is 5.41 Å².